The number of halogens is 1. The van der Waals surface area contributed by atoms with E-state index in [4.69, 9.17) is 4.74 Å². The highest BCUT2D eigenvalue weighted by atomic mass is 19.1. The summed E-state index contributed by atoms with van der Waals surface area (Å²) in [6.45, 7) is 3.84. The minimum Gasteiger partial charge on any atom is -0.382 e. The van der Waals surface area contributed by atoms with Gasteiger partial charge in [-0.3, -0.25) is 9.59 Å². The number of benzene rings is 2. The second-order valence-electron chi connectivity index (χ2n) is 6.71. The summed E-state index contributed by atoms with van der Waals surface area (Å²) >= 11 is 0. The van der Waals surface area contributed by atoms with Crippen molar-refractivity contribution in [2.75, 3.05) is 30.0 Å². The lowest BCUT2D eigenvalue weighted by atomic mass is 9.99. The third kappa shape index (κ3) is 4.75. The van der Waals surface area contributed by atoms with E-state index in [1.165, 1.54) is 24.3 Å². The standard InChI is InChI=1S/C22H25FN2O3/c1-2-28-15-5-9-21(26)25-14-4-6-18-19(7-3-8-20(18)25)24-22(27)16-10-12-17(23)13-11-16/h3,7-8,10-13H,2,4-6,9,14-15H2,1H3,(H,24,27). The van der Waals surface area contributed by atoms with Crippen LogP contribution in [0.1, 0.15) is 42.1 Å². The highest BCUT2D eigenvalue weighted by molar-refractivity contribution is 6.05. The van der Waals surface area contributed by atoms with Crippen LogP contribution in [-0.4, -0.2) is 31.6 Å². The van der Waals surface area contributed by atoms with Crippen LogP contribution >= 0.6 is 0 Å². The Hall–Kier alpha value is -2.73. The molecule has 0 aliphatic carbocycles. The van der Waals surface area contributed by atoms with Crippen molar-refractivity contribution in [1.29, 1.82) is 0 Å². The molecule has 148 valence electrons. The summed E-state index contributed by atoms with van der Waals surface area (Å²) in [7, 11) is 0. The molecule has 0 fully saturated rings. The van der Waals surface area contributed by atoms with Gasteiger partial charge >= 0.3 is 0 Å². The summed E-state index contributed by atoms with van der Waals surface area (Å²) in [5.74, 6) is -0.608. The highest BCUT2D eigenvalue weighted by Gasteiger charge is 2.24. The maximum Gasteiger partial charge on any atom is 0.255 e. The van der Waals surface area contributed by atoms with Gasteiger partial charge in [0.2, 0.25) is 5.91 Å². The first kappa shape index (κ1) is 20.0. The molecule has 0 spiro atoms. The lowest BCUT2D eigenvalue weighted by Gasteiger charge is -2.31. The SMILES string of the molecule is CCOCCCC(=O)N1CCCc2c(NC(=O)c3ccc(F)cc3)cccc21. The van der Waals surface area contributed by atoms with Crippen molar-refractivity contribution in [3.05, 3.63) is 59.4 Å². The Morgan fingerprint density at radius 2 is 1.96 bits per heavy atom. The largest absolute Gasteiger partial charge is 0.382 e. The maximum absolute atomic E-state index is 13.1. The predicted molar refractivity (Wildman–Crippen MR) is 107 cm³/mol. The Labute approximate surface area is 164 Å². The van der Waals surface area contributed by atoms with Crippen molar-refractivity contribution in [3.63, 3.8) is 0 Å². The fraction of sp³-hybridized carbons (Fsp3) is 0.364. The maximum atomic E-state index is 13.1. The van der Waals surface area contributed by atoms with Crippen molar-refractivity contribution in [3.8, 4) is 0 Å². The number of anilines is 2. The Kier molecular flexibility index (Phi) is 6.76. The van der Waals surface area contributed by atoms with Crippen LogP contribution in [0.5, 0.6) is 0 Å². The molecule has 5 nitrogen and oxygen atoms in total. The van der Waals surface area contributed by atoms with Crippen LogP contribution in [0.3, 0.4) is 0 Å². The van der Waals surface area contributed by atoms with Crippen LogP contribution in [0.4, 0.5) is 15.8 Å². The molecule has 1 aliphatic heterocycles. The zero-order chi connectivity index (χ0) is 19.9. The molecule has 0 saturated heterocycles. The number of rotatable bonds is 7. The molecule has 0 aromatic heterocycles. The van der Waals surface area contributed by atoms with Gasteiger partial charge in [-0.05, 0) is 68.1 Å². The van der Waals surface area contributed by atoms with E-state index >= 15 is 0 Å². The highest BCUT2D eigenvalue weighted by Crippen LogP contribution is 2.33. The second-order valence-corrected chi connectivity index (χ2v) is 6.71. The van der Waals surface area contributed by atoms with E-state index in [2.05, 4.69) is 5.32 Å². The van der Waals surface area contributed by atoms with E-state index in [-0.39, 0.29) is 17.6 Å². The summed E-state index contributed by atoms with van der Waals surface area (Å²) in [6, 6.07) is 11.0. The van der Waals surface area contributed by atoms with Crippen LogP contribution in [0.25, 0.3) is 0 Å². The number of amides is 2. The molecule has 0 unspecified atom stereocenters. The number of nitrogens with one attached hydrogen (secondary N) is 1. The van der Waals surface area contributed by atoms with Crippen molar-refractivity contribution < 1.29 is 18.7 Å². The minimum absolute atomic E-state index is 0.0719. The van der Waals surface area contributed by atoms with E-state index in [9.17, 15) is 14.0 Å². The van der Waals surface area contributed by atoms with Crippen LogP contribution < -0.4 is 10.2 Å². The fourth-order valence-electron chi connectivity index (χ4n) is 3.40. The topological polar surface area (TPSA) is 58.6 Å². The van der Waals surface area contributed by atoms with Crippen molar-refractivity contribution in [2.24, 2.45) is 0 Å². The number of fused-ring (bicyclic) bond motifs is 1. The number of ether oxygens (including phenoxy) is 1. The number of carbonyl (C=O) groups excluding carboxylic acids is 2. The van der Waals surface area contributed by atoms with Crippen molar-refractivity contribution in [2.45, 2.75) is 32.6 Å². The average molecular weight is 384 g/mol. The smallest absolute Gasteiger partial charge is 0.255 e. The molecular formula is C22H25FN2O3. The average Bonchev–Trinajstić information content (AvgIpc) is 2.71. The number of hydrogen-bond acceptors (Lipinski definition) is 3. The molecular weight excluding hydrogens is 359 g/mol. The third-order valence-corrected chi connectivity index (χ3v) is 4.79. The van der Waals surface area contributed by atoms with E-state index in [0.717, 1.165) is 24.1 Å². The molecule has 2 aromatic carbocycles. The fourth-order valence-corrected chi connectivity index (χ4v) is 3.40. The monoisotopic (exact) mass is 384 g/mol. The van der Waals surface area contributed by atoms with Crippen LogP contribution in [-0.2, 0) is 16.0 Å². The molecule has 1 N–H and O–H groups in total. The summed E-state index contributed by atoms with van der Waals surface area (Å²) in [5.41, 5.74) is 2.89. The number of nitrogens with zero attached hydrogens (tertiary/aromatic N) is 1. The van der Waals surface area contributed by atoms with E-state index < -0.39 is 0 Å². The molecule has 3 rings (SSSR count). The quantitative estimate of drug-likeness (QED) is 0.729. The molecule has 2 aromatic rings. The Balaban J connectivity index is 1.74. The Morgan fingerprint density at radius 3 is 2.71 bits per heavy atom. The zero-order valence-corrected chi connectivity index (χ0v) is 16.0. The summed E-state index contributed by atoms with van der Waals surface area (Å²) in [5, 5.41) is 2.91. The summed E-state index contributed by atoms with van der Waals surface area (Å²) in [4.78, 5) is 27.0. The molecule has 28 heavy (non-hydrogen) atoms. The van der Waals surface area contributed by atoms with Crippen molar-refractivity contribution in [1.82, 2.24) is 0 Å². The first-order chi connectivity index (χ1) is 13.6. The lowest BCUT2D eigenvalue weighted by Crippen LogP contribution is -2.35. The number of carbonyl (C=O) groups is 2. The van der Waals surface area contributed by atoms with E-state index in [1.54, 1.807) is 4.90 Å². The Morgan fingerprint density at radius 1 is 1.18 bits per heavy atom. The zero-order valence-electron chi connectivity index (χ0n) is 16.0. The molecule has 1 aliphatic rings. The first-order valence-corrected chi connectivity index (χ1v) is 9.67. The molecule has 6 heteroatoms. The van der Waals surface area contributed by atoms with Gasteiger partial charge < -0.3 is 15.0 Å². The number of hydrogen-bond donors (Lipinski definition) is 1. The normalized spacial score (nSPS) is 13.1. The van der Waals surface area contributed by atoms with Gasteiger partial charge in [-0.1, -0.05) is 6.07 Å². The molecule has 0 bridgehead atoms. The van der Waals surface area contributed by atoms with Crippen LogP contribution in [0.2, 0.25) is 0 Å². The van der Waals surface area contributed by atoms with Gasteiger partial charge in [-0.15, -0.1) is 0 Å². The van der Waals surface area contributed by atoms with Gasteiger partial charge in [0.1, 0.15) is 5.82 Å². The van der Waals surface area contributed by atoms with Crippen LogP contribution in [0.15, 0.2) is 42.5 Å². The van der Waals surface area contributed by atoms with Gasteiger partial charge in [0.25, 0.3) is 5.91 Å². The Bertz CT molecular complexity index is 836. The van der Waals surface area contributed by atoms with E-state index in [0.29, 0.717) is 43.9 Å². The summed E-state index contributed by atoms with van der Waals surface area (Å²) in [6.07, 6.45) is 2.76. The van der Waals surface area contributed by atoms with Gasteiger partial charge in [-0.2, -0.15) is 0 Å². The second kappa shape index (κ2) is 9.46. The molecule has 1 heterocycles. The lowest BCUT2D eigenvalue weighted by molar-refractivity contribution is -0.119. The molecule has 0 atom stereocenters. The molecule has 0 saturated carbocycles. The van der Waals surface area contributed by atoms with Gasteiger partial charge in [0.15, 0.2) is 0 Å². The molecule has 0 radical (unpaired) electrons. The van der Waals surface area contributed by atoms with Gasteiger partial charge in [0, 0.05) is 43.1 Å². The predicted octanol–water partition coefficient (Wildman–Crippen LogP) is 4.17. The summed E-state index contributed by atoms with van der Waals surface area (Å²) < 4.78 is 18.4. The first-order valence-electron chi connectivity index (χ1n) is 9.67. The van der Waals surface area contributed by atoms with E-state index in [1.807, 2.05) is 25.1 Å². The van der Waals surface area contributed by atoms with Gasteiger partial charge in [-0.25, -0.2) is 4.39 Å². The van der Waals surface area contributed by atoms with Crippen molar-refractivity contribution >= 4 is 23.2 Å². The third-order valence-electron chi connectivity index (χ3n) is 4.79. The van der Waals surface area contributed by atoms with Gasteiger partial charge in [0.05, 0.1) is 0 Å². The molecule has 2 amide bonds. The van der Waals surface area contributed by atoms with Crippen LogP contribution in [0, 0.1) is 5.82 Å². The minimum atomic E-state index is -0.382.